The number of hydrogen-bond donors (Lipinski definition) is 1. The van der Waals surface area contributed by atoms with Crippen molar-refractivity contribution in [1.29, 1.82) is 0 Å². The van der Waals surface area contributed by atoms with E-state index in [1.807, 2.05) is 0 Å². The van der Waals surface area contributed by atoms with Gasteiger partial charge in [-0.05, 0) is 44.8 Å². The molecule has 19 heavy (non-hydrogen) atoms. The van der Waals surface area contributed by atoms with Gasteiger partial charge in [0.15, 0.2) is 0 Å². The van der Waals surface area contributed by atoms with Crippen LogP contribution < -0.4 is 5.32 Å². The molecule has 4 nitrogen and oxygen atoms in total. The molecule has 3 heterocycles. The van der Waals surface area contributed by atoms with Gasteiger partial charge in [0.05, 0.1) is 5.92 Å². The van der Waals surface area contributed by atoms with Crippen molar-refractivity contribution in [2.75, 3.05) is 46.3 Å². The first kappa shape index (κ1) is 17.0. The van der Waals surface area contributed by atoms with Crippen LogP contribution in [-0.4, -0.2) is 62.0 Å². The van der Waals surface area contributed by atoms with Crippen molar-refractivity contribution in [2.24, 2.45) is 11.3 Å². The van der Waals surface area contributed by atoms with E-state index >= 15 is 0 Å². The molecule has 0 bridgehead atoms. The highest BCUT2D eigenvalue weighted by atomic mass is 35.5. The van der Waals surface area contributed by atoms with Crippen LogP contribution in [0.3, 0.4) is 0 Å². The Bertz CT molecular complexity index is 315. The zero-order valence-corrected chi connectivity index (χ0v) is 13.2. The molecule has 0 radical (unpaired) electrons. The lowest BCUT2D eigenvalue weighted by molar-refractivity contribution is -0.136. The van der Waals surface area contributed by atoms with Gasteiger partial charge in [-0.3, -0.25) is 4.79 Å². The fraction of sp³-hybridized carbons (Fsp3) is 0.923. The van der Waals surface area contributed by atoms with Crippen LogP contribution in [0.1, 0.15) is 19.3 Å². The highest BCUT2D eigenvalue weighted by molar-refractivity contribution is 5.85. The van der Waals surface area contributed by atoms with E-state index in [1.165, 1.54) is 32.4 Å². The van der Waals surface area contributed by atoms with Crippen molar-refractivity contribution in [2.45, 2.75) is 19.3 Å². The minimum Gasteiger partial charge on any atom is -0.342 e. The number of likely N-dealkylation sites (tertiary alicyclic amines) is 2. The predicted octanol–water partition coefficient (Wildman–Crippen LogP) is 0.994. The van der Waals surface area contributed by atoms with E-state index in [-0.39, 0.29) is 30.7 Å². The summed E-state index contributed by atoms with van der Waals surface area (Å²) in [6.45, 7) is 6.21. The maximum Gasteiger partial charge on any atom is 0.228 e. The van der Waals surface area contributed by atoms with E-state index < -0.39 is 0 Å². The van der Waals surface area contributed by atoms with E-state index in [1.54, 1.807) is 0 Å². The van der Waals surface area contributed by atoms with Crippen LogP contribution in [0, 0.1) is 11.3 Å². The summed E-state index contributed by atoms with van der Waals surface area (Å²) in [6.07, 6.45) is 3.78. The van der Waals surface area contributed by atoms with Crippen molar-refractivity contribution in [3.8, 4) is 0 Å². The van der Waals surface area contributed by atoms with Crippen molar-refractivity contribution in [3.63, 3.8) is 0 Å². The zero-order chi connectivity index (χ0) is 11.9. The summed E-state index contributed by atoms with van der Waals surface area (Å²) in [5, 5.41) is 3.19. The number of carbonyl (C=O) groups is 1. The second-order valence-electron chi connectivity index (χ2n) is 6.17. The molecule has 0 saturated carbocycles. The third kappa shape index (κ3) is 3.35. The highest BCUT2D eigenvalue weighted by Crippen LogP contribution is 2.40. The standard InChI is InChI=1S/C13H23N3O.2ClH/c1-15-5-2-13(3-6-15)4-7-16(10-13)12(17)11-8-14-9-11;;/h11,14H,2-10H2,1H3;2*1H. The Kier molecular flexibility index (Phi) is 5.93. The second kappa shape index (κ2) is 6.61. The molecule has 6 heteroatoms. The van der Waals surface area contributed by atoms with Crippen LogP contribution in [0.5, 0.6) is 0 Å². The highest BCUT2D eigenvalue weighted by Gasteiger charge is 2.43. The zero-order valence-electron chi connectivity index (χ0n) is 11.6. The lowest BCUT2D eigenvalue weighted by atomic mass is 9.78. The summed E-state index contributed by atoms with van der Waals surface area (Å²) in [5.74, 6) is 0.677. The summed E-state index contributed by atoms with van der Waals surface area (Å²) in [6, 6.07) is 0. The van der Waals surface area contributed by atoms with Crippen molar-refractivity contribution >= 4 is 30.7 Å². The molecule has 0 aromatic rings. The largest absolute Gasteiger partial charge is 0.342 e. The number of amides is 1. The minimum atomic E-state index is 0. The molecule has 0 aromatic carbocycles. The molecular formula is C13H25Cl2N3O. The minimum absolute atomic E-state index is 0. The Morgan fingerprint density at radius 3 is 2.21 bits per heavy atom. The molecule has 1 N–H and O–H groups in total. The summed E-state index contributed by atoms with van der Waals surface area (Å²) < 4.78 is 0. The number of nitrogens with one attached hydrogen (secondary N) is 1. The monoisotopic (exact) mass is 309 g/mol. The van der Waals surface area contributed by atoms with Crippen molar-refractivity contribution < 1.29 is 4.79 Å². The third-order valence-electron chi connectivity index (χ3n) is 4.93. The molecule has 3 rings (SSSR count). The molecule has 0 unspecified atom stereocenters. The number of hydrogen-bond acceptors (Lipinski definition) is 3. The number of halogens is 2. The van der Waals surface area contributed by atoms with Gasteiger partial charge in [-0.1, -0.05) is 0 Å². The maximum atomic E-state index is 12.2. The topological polar surface area (TPSA) is 35.6 Å². The fourth-order valence-electron chi connectivity index (χ4n) is 3.35. The predicted molar refractivity (Wildman–Crippen MR) is 81.2 cm³/mol. The summed E-state index contributed by atoms with van der Waals surface area (Å²) in [4.78, 5) is 16.7. The number of rotatable bonds is 1. The van der Waals surface area contributed by atoms with Crippen LogP contribution in [0.2, 0.25) is 0 Å². The molecule has 1 spiro atoms. The van der Waals surface area contributed by atoms with Gasteiger partial charge in [-0.15, -0.1) is 24.8 Å². The number of carbonyl (C=O) groups excluding carboxylic acids is 1. The van der Waals surface area contributed by atoms with Crippen molar-refractivity contribution in [1.82, 2.24) is 15.1 Å². The van der Waals surface area contributed by atoms with Gasteiger partial charge in [0, 0.05) is 26.2 Å². The van der Waals surface area contributed by atoms with Gasteiger partial charge in [0.1, 0.15) is 0 Å². The molecule has 0 aliphatic carbocycles. The lowest BCUT2D eigenvalue weighted by Gasteiger charge is -2.38. The van der Waals surface area contributed by atoms with E-state index in [0.29, 0.717) is 11.3 Å². The first-order valence-corrected chi connectivity index (χ1v) is 6.87. The lowest BCUT2D eigenvalue weighted by Crippen LogP contribution is -2.52. The van der Waals surface area contributed by atoms with Crippen LogP contribution in [0.25, 0.3) is 0 Å². The summed E-state index contributed by atoms with van der Waals surface area (Å²) >= 11 is 0. The van der Waals surface area contributed by atoms with E-state index in [9.17, 15) is 4.79 Å². The van der Waals surface area contributed by atoms with Gasteiger partial charge >= 0.3 is 0 Å². The molecule has 3 saturated heterocycles. The molecule has 112 valence electrons. The molecule has 0 atom stereocenters. The fourth-order valence-corrected chi connectivity index (χ4v) is 3.35. The van der Waals surface area contributed by atoms with E-state index in [0.717, 1.165) is 26.2 Å². The van der Waals surface area contributed by atoms with Crippen LogP contribution >= 0.6 is 24.8 Å². The average molecular weight is 310 g/mol. The Morgan fingerprint density at radius 2 is 1.68 bits per heavy atom. The van der Waals surface area contributed by atoms with Gasteiger partial charge in [0.25, 0.3) is 0 Å². The maximum absolute atomic E-state index is 12.2. The second-order valence-corrected chi connectivity index (χ2v) is 6.17. The van der Waals surface area contributed by atoms with Crippen LogP contribution in [0.15, 0.2) is 0 Å². The van der Waals surface area contributed by atoms with Crippen LogP contribution in [-0.2, 0) is 4.79 Å². The molecule has 1 amide bonds. The third-order valence-corrected chi connectivity index (χ3v) is 4.93. The molecular weight excluding hydrogens is 285 g/mol. The molecule has 3 fully saturated rings. The van der Waals surface area contributed by atoms with Gasteiger partial charge in [-0.25, -0.2) is 0 Å². The SMILES string of the molecule is CN1CCC2(CC1)CCN(C(=O)C1CNC1)C2.Cl.Cl. The molecule has 0 aromatic heterocycles. The Morgan fingerprint density at radius 1 is 1.11 bits per heavy atom. The van der Waals surface area contributed by atoms with Gasteiger partial charge in [0.2, 0.25) is 5.91 Å². The van der Waals surface area contributed by atoms with Gasteiger partial charge in [-0.2, -0.15) is 0 Å². The summed E-state index contributed by atoms with van der Waals surface area (Å²) in [5.41, 5.74) is 0.458. The molecule has 3 aliphatic heterocycles. The first-order valence-electron chi connectivity index (χ1n) is 6.87. The normalized spacial score (nSPS) is 26.5. The average Bonchev–Trinajstić information content (AvgIpc) is 2.65. The van der Waals surface area contributed by atoms with E-state index in [2.05, 4.69) is 22.2 Å². The number of piperidine rings is 1. The van der Waals surface area contributed by atoms with Crippen LogP contribution in [0.4, 0.5) is 0 Å². The number of nitrogens with zero attached hydrogens (tertiary/aromatic N) is 2. The van der Waals surface area contributed by atoms with Gasteiger partial charge < -0.3 is 15.1 Å². The van der Waals surface area contributed by atoms with E-state index in [4.69, 9.17) is 0 Å². The first-order chi connectivity index (χ1) is 8.19. The Hall–Kier alpha value is -0.0300. The summed E-state index contributed by atoms with van der Waals surface area (Å²) in [7, 11) is 2.20. The smallest absolute Gasteiger partial charge is 0.228 e. The Labute approximate surface area is 128 Å². The van der Waals surface area contributed by atoms with Crippen molar-refractivity contribution in [3.05, 3.63) is 0 Å². The molecule has 3 aliphatic rings. The Balaban J connectivity index is 0.000000902. The quantitative estimate of drug-likeness (QED) is 0.785.